The van der Waals surface area contributed by atoms with Crippen LogP contribution in [-0.2, 0) is 0 Å². The van der Waals surface area contributed by atoms with Gasteiger partial charge in [-0.3, -0.25) is 0 Å². The van der Waals surface area contributed by atoms with Crippen molar-refractivity contribution in [2.45, 2.75) is 53.0 Å². The fourth-order valence-corrected chi connectivity index (χ4v) is 4.55. The van der Waals surface area contributed by atoms with Gasteiger partial charge in [-0.25, -0.2) is 0 Å². The number of nitrogens with zero attached hydrogens (tertiary/aromatic N) is 1. The number of nitriles is 1. The van der Waals surface area contributed by atoms with E-state index in [9.17, 15) is 5.26 Å². The van der Waals surface area contributed by atoms with Crippen molar-refractivity contribution in [3.63, 3.8) is 0 Å². The number of hydrogen-bond donors (Lipinski definition) is 1. The summed E-state index contributed by atoms with van der Waals surface area (Å²) in [7, 11) is 0. The van der Waals surface area contributed by atoms with Gasteiger partial charge in [0.1, 0.15) is 6.07 Å². The predicted molar refractivity (Wildman–Crippen MR) is 82.5 cm³/mol. The molecule has 106 valence electrons. The lowest BCUT2D eigenvalue weighted by Crippen LogP contribution is -2.40. The lowest BCUT2D eigenvalue weighted by atomic mass is 9.69. The van der Waals surface area contributed by atoms with E-state index < -0.39 is 0 Å². The molecule has 3 rings (SSSR count). The van der Waals surface area contributed by atoms with Gasteiger partial charge in [-0.1, -0.05) is 32.9 Å². The Morgan fingerprint density at radius 2 is 2.05 bits per heavy atom. The molecule has 2 aliphatic carbocycles. The fourth-order valence-electron chi connectivity index (χ4n) is 4.55. The molecule has 1 N–H and O–H groups in total. The summed E-state index contributed by atoms with van der Waals surface area (Å²) in [6.07, 6.45) is 3.90. The normalized spacial score (nSPS) is 34.0. The molecule has 3 unspecified atom stereocenters. The van der Waals surface area contributed by atoms with Gasteiger partial charge in [-0.15, -0.1) is 0 Å². The molecule has 1 aromatic rings. The second kappa shape index (κ2) is 4.25. The predicted octanol–water partition coefficient (Wildman–Crippen LogP) is 4.49. The van der Waals surface area contributed by atoms with Crippen molar-refractivity contribution >= 4 is 5.69 Å². The van der Waals surface area contributed by atoms with Crippen LogP contribution in [0.1, 0.15) is 51.2 Å². The van der Waals surface area contributed by atoms with E-state index in [2.05, 4.69) is 32.2 Å². The highest BCUT2D eigenvalue weighted by Crippen LogP contribution is 2.65. The Hall–Kier alpha value is -1.49. The molecule has 20 heavy (non-hydrogen) atoms. The zero-order valence-corrected chi connectivity index (χ0v) is 13.0. The molecule has 2 fully saturated rings. The summed E-state index contributed by atoms with van der Waals surface area (Å²) in [5.74, 6) is 0.820. The highest BCUT2D eigenvalue weighted by molar-refractivity contribution is 5.61. The largest absolute Gasteiger partial charge is 0.381 e. The quantitative estimate of drug-likeness (QED) is 0.857. The van der Waals surface area contributed by atoms with E-state index in [1.54, 1.807) is 0 Å². The van der Waals surface area contributed by atoms with Crippen molar-refractivity contribution in [1.29, 1.82) is 5.26 Å². The van der Waals surface area contributed by atoms with Gasteiger partial charge in [-0.2, -0.15) is 5.26 Å². The third kappa shape index (κ3) is 1.62. The second-order valence-electron chi connectivity index (χ2n) is 7.42. The average Bonchev–Trinajstić information content (AvgIpc) is 2.72. The smallest absolute Gasteiger partial charge is 0.102 e. The number of fused-ring (bicyclic) bond motifs is 2. The van der Waals surface area contributed by atoms with E-state index in [4.69, 9.17) is 0 Å². The first kappa shape index (κ1) is 13.5. The molecule has 2 bridgehead atoms. The monoisotopic (exact) mass is 268 g/mol. The zero-order valence-electron chi connectivity index (χ0n) is 13.0. The molecular formula is C18H24N2. The number of aryl methyl sites for hydroxylation is 1. The molecule has 0 aromatic heterocycles. The maximum atomic E-state index is 9.38. The van der Waals surface area contributed by atoms with Crippen LogP contribution in [0.5, 0.6) is 0 Å². The Kier molecular flexibility index (Phi) is 2.87. The Morgan fingerprint density at radius 1 is 1.30 bits per heavy atom. The highest BCUT2D eigenvalue weighted by Gasteiger charge is 2.61. The van der Waals surface area contributed by atoms with Crippen molar-refractivity contribution in [2.75, 3.05) is 5.32 Å². The van der Waals surface area contributed by atoms with Gasteiger partial charge in [0.05, 0.1) is 11.3 Å². The highest BCUT2D eigenvalue weighted by atomic mass is 15.0. The molecule has 0 amide bonds. The number of benzene rings is 1. The molecule has 2 saturated carbocycles. The number of nitrogens with one attached hydrogen (secondary N) is 1. The first-order valence-corrected chi connectivity index (χ1v) is 7.66. The van der Waals surface area contributed by atoms with Crippen LogP contribution in [0.4, 0.5) is 5.69 Å². The standard InChI is InChI=1S/C18H24N2/c1-12-6-5-7-15(14(12)11-19)20-16-10-13-8-9-18(16,4)17(13,2)3/h5-7,13,16,20H,8-10H2,1-4H3. The lowest BCUT2D eigenvalue weighted by Gasteiger charge is -2.40. The van der Waals surface area contributed by atoms with Gasteiger partial charge in [0.2, 0.25) is 0 Å². The van der Waals surface area contributed by atoms with Crippen LogP contribution in [0.15, 0.2) is 18.2 Å². The first-order chi connectivity index (χ1) is 9.40. The first-order valence-electron chi connectivity index (χ1n) is 7.66. The minimum absolute atomic E-state index is 0.341. The topological polar surface area (TPSA) is 35.8 Å². The number of anilines is 1. The SMILES string of the molecule is Cc1cccc(NC2CC3CCC2(C)C3(C)C)c1C#N. The van der Waals surface area contributed by atoms with Gasteiger partial charge in [0, 0.05) is 6.04 Å². The van der Waals surface area contributed by atoms with Crippen molar-refractivity contribution in [3.05, 3.63) is 29.3 Å². The lowest BCUT2D eigenvalue weighted by molar-refractivity contribution is 0.142. The van der Waals surface area contributed by atoms with Crippen LogP contribution in [-0.4, -0.2) is 6.04 Å². The number of hydrogen-bond acceptors (Lipinski definition) is 2. The molecule has 0 radical (unpaired) electrons. The van der Waals surface area contributed by atoms with Crippen LogP contribution in [0.3, 0.4) is 0 Å². The van der Waals surface area contributed by atoms with Gasteiger partial charge in [0.25, 0.3) is 0 Å². The Labute approximate surface area is 122 Å². The summed E-state index contributed by atoms with van der Waals surface area (Å²) in [6, 6.07) is 8.94. The van der Waals surface area contributed by atoms with Crippen LogP contribution in [0, 0.1) is 35.0 Å². The molecule has 0 spiro atoms. The molecule has 2 nitrogen and oxygen atoms in total. The minimum Gasteiger partial charge on any atom is -0.381 e. The van der Waals surface area contributed by atoms with Gasteiger partial charge < -0.3 is 5.32 Å². The minimum atomic E-state index is 0.341. The second-order valence-corrected chi connectivity index (χ2v) is 7.42. The van der Waals surface area contributed by atoms with Crippen molar-refractivity contribution in [2.24, 2.45) is 16.7 Å². The van der Waals surface area contributed by atoms with Crippen LogP contribution in [0.2, 0.25) is 0 Å². The summed E-state index contributed by atoms with van der Waals surface area (Å²) in [5, 5.41) is 13.1. The van der Waals surface area contributed by atoms with Crippen molar-refractivity contribution in [3.8, 4) is 6.07 Å². The van der Waals surface area contributed by atoms with E-state index in [0.29, 0.717) is 16.9 Å². The third-order valence-electron chi connectivity index (χ3n) is 6.51. The molecule has 2 heteroatoms. The zero-order chi connectivity index (χ0) is 14.5. The molecule has 3 atom stereocenters. The van der Waals surface area contributed by atoms with Crippen molar-refractivity contribution in [1.82, 2.24) is 0 Å². The van der Waals surface area contributed by atoms with E-state index >= 15 is 0 Å². The molecule has 1 aromatic carbocycles. The maximum absolute atomic E-state index is 9.38. The average molecular weight is 268 g/mol. The van der Waals surface area contributed by atoms with E-state index in [1.165, 1.54) is 19.3 Å². The summed E-state index contributed by atoms with van der Waals surface area (Å²) in [5.41, 5.74) is 3.62. The van der Waals surface area contributed by atoms with Crippen LogP contribution in [0.25, 0.3) is 0 Å². The molecular weight excluding hydrogens is 244 g/mol. The van der Waals surface area contributed by atoms with E-state index in [1.807, 2.05) is 25.1 Å². The van der Waals surface area contributed by atoms with E-state index in [0.717, 1.165) is 22.7 Å². The molecule has 0 heterocycles. The Morgan fingerprint density at radius 3 is 2.60 bits per heavy atom. The molecule has 0 aliphatic heterocycles. The van der Waals surface area contributed by atoms with Gasteiger partial charge in [-0.05, 0) is 54.6 Å². The Balaban J connectivity index is 1.92. The fraction of sp³-hybridized carbons (Fsp3) is 0.611. The van der Waals surface area contributed by atoms with Crippen LogP contribution < -0.4 is 5.32 Å². The maximum Gasteiger partial charge on any atom is 0.102 e. The Bertz CT molecular complexity index is 582. The third-order valence-corrected chi connectivity index (χ3v) is 6.51. The van der Waals surface area contributed by atoms with Gasteiger partial charge in [0.15, 0.2) is 0 Å². The van der Waals surface area contributed by atoms with E-state index in [-0.39, 0.29) is 0 Å². The van der Waals surface area contributed by atoms with Crippen molar-refractivity contribution < 1.29 is 0 Å². The summed E-state index contributed by atoms with van der Waals surface area (Å²) in [6.45, 7) is 9.29. The summed E-state index contributed by atoms with van der Waals surface area (Å²) in [4.78, 5) is 0. The van der Waals surface area contributed by atoms with Crippen LogP contribution >= 0.6 is 0 Å². The molecule has 2 aliphatic rings. The summed E-state index contributed by atoms with van der Waals surface area (Å²) < 4.78 is 0. The number of rotatable bonds is 2. The summed E-state index contributed by atoms with van der Waals surface area (Å²) >= 11 is 0. The van der Waals surface area contributed by atoms with Gasteiger partial charge >= 0.3 is 0 Å². The molecule has 0 saturated heterocycles.